The molecular formula is C81H147NO18. The molecule has 0 radical (unpaired) electrons. The summed E-state index contributed by atoms with van der Waals surface area (Å²) in [5.41, 5.74) is 0. The van der Waals surface area contributed by atoms with Crippen molar-refractivity contribution in [3.63, 3.8) is 0 Å². The van der Waals surface area contributed by atoms with Crippen molar-refractivity contribution >= 4 is 5.91 Å². The van der Waals surface area contributed by atoms with E-state index in [1.165, 1.54) is 193 Å². The fourth-order valence-electron chi connectivity index (χ4n) is 13.6. The molecule has 17 atom stereocenters. The van der Waals surface area contributed by atoms with E-state index >= 15 is 0 Å². The lowest BCUT2D eigenvalue weighted by molar-refractivity contribution is -0.379. The SMILES string of the molecule is CC/C=C\C/C=C\C/C=C\C/C=C\C/C=C\CCCCCCCCCCCC(=O)NC(COC1OC(CO)C(OC2OC(CO)C(OC3OC(CO)C(O)C(O)C3O)C(O)C2O)C(O)C1O)C(O)CCCCCCCCCCCCCCCCCCCCCCCCCCCCCCCC. The predicted molar refractivity (Wildman–Crippen MR) is 397 cm³/mol. The quantitative estimate of drug-likeness (QED) is 0.0199. The molecule has 1 amide bonds. The Morgan fingerprint density at radius 1 is 0.370 bits per heavy atom. The van der Waals surface area contributed by atoms with Crippen molar-refractivity contribution < 1.29 is 89.4 Å². The first-order valence-corrected chi connectivity index (χ1v) is 40.5. The largest absolute Gasteiger partial charge is 0.394 e. The average Bonchev–Trinajstić information content (AvgIpc) is 0.783. The van der Waals surface area contributed by atoms with Gasteiger partial charge in [-0.3, -0.25) is 4.79 Å². The summed E-state index contributed by atoms with van der Waals surface area (Å²) in [5, 5.41) is 121. The number of allylic oxidation sites excluding steroid dienone is 10. The lowest BCUT2D eigenvalue weighted by atomic mass is 9.96. The smallest absolute Gasteiger partial charge is 0.220 e. The molecule has 0 saturated carbocycles. The first-order chi connectivity index (χ1) is 48.8. The van der Waals surface area contributed by atoms with E-state index in [1.807, 2.05) is 0 Å². The monoisotopic (exact) mass is 1420 g/mol. The summed E-state index contributed by atoms with van der Waals surface area (Å²) in [6, 6.07) is -0.896. The normalized spacial score (nSPS) is 26.8. The maximum absolute atomic E-state index is 13.5. The van der Waals surface area contributed by atoms with Crippen molar-refractivity contribution in [2.75, 3.05) is 26.4 Å². The minimum Gasteiger partial charge on any atom is -0.394 e. The Balaban J connectivity index is 1.37. The van der Waals surface area contributed by atoms with Crippen LogP contribution < -0.4 is 5.32 Å². The van der Waals surface area contributed by atoms with E-state index in [2.05, 4.69) is 79.9 Å². The van der Waals surface area contributed by atoms with Crippen LogP contribution >= 0.6 is 0 Å². The topological polar surface area (TPSA) is 307 Å². The van der Waals surface area contributed by atoms with Gasteiger partial charge in [-0.05, 0) is 57.8 Å². The van der Waals surface area contributed by atoms with E-state index in [0.717, 1.165) is 89.9 Å². The van der Waals surface area contributed by atoms with E-state index in [1.54, 1.807) is 0 Å². The minimum absolute atomic E-state index is 0.247. The van der Waals surface area contributed by atoms with Crippen LogP contribution in [0.3, 0.4) is 0 Å². The van der Waals surface area contributed by atoms with Gasteiger partial charge in [-0.2, -0.15) is 0 Å². The molecule has 19 heteroatoms. The summed E-state index contributed by atoms with van der Waals surface area (Å²) < 4.78 is 34.5. The number of hydrogen-bond donors (Lipinski definition) is 12. The van der Waals surface area contributed by atoms with Crippen molar-refractivity contribution in [3.05, 3.63) is 60.8 Å². The Hall–Kier alpha value is -2.51. The molecule has 3 saturated heterocycles. The molecule has 3 heterocycles. The number of ether oxygens (including phenoxy) is 6. The Morgan fingerprint density at radius 3 is 1.08 bits per heavy atom. The fraction of sp³-hybridized carbons (Fsp3) is 0.864. The van der Waals surface area contributed by atoms with Crippen LogP contribution in [0.1, 0.15) is 316 Å². The van der Waals surface area contributed by atoms with Gasteiger partial charge in [0, 0.05) is 6.42 Å². The Bertz CT molecular complexity index is 2040. The molecule has 100 heavy (non-hydrogen) atoms. The van der Waals surface area contributed by atoms with Gasteiger partial charge in [-0.15, -0.1) is 0 Å². The molecule has 3 fully saturated rings. The van der Waals surface area contributed by atoms with Gasteiger partial charge in [0.15, 0.2) is 18.9 Å². The summed E-state index contributed by atoms with van der Waals surface area (Å²) in [6.07, 6.45) is 51.6. The van der Waals surface area contributed by atoms with Crippen LogP contribution in [-0.4, -0.2) is 193 Å². The molecule has 0 aliphatic carbocycles. The molecule has 3 aliphatic heterocycles. The first-order valence-electron chi connectivity index (χ1n) is 40.5. The number of hydrogen-bond acceptors (Lipinski definition) is 18. The van der Waals surface area contributed by atoms with Gasteiger partial charge >= 0.3 is 0 Å². The van der Waals surface area contributed by atoms with Gasteiger partial charge in [-0.1, -0.05) is 312 Å². The van der Waals surface area contributed by atoms with E-state index < -0.39 is 124 Å². The lowest BCUT2D eigenvalue weighted by Gasteiger charge is -2.48. The second-order valence-corrected chi connectivity index (χ2v) is 28.9. The molecule has 12 N–H and O–H groups in total. The van der Waals surface area contributed by atoms with E-state index in [-0.39, 0.29) is 18.9 Å². The van der Waals surface area contributed by atoms with E-state index in [9.17, 15) is 61.0 Å². The molecule has 19 nitrogen and oxygen atoms in total. The molecule has 0 aromatic carbocycles. The first kappa shape index (κ1) is 91.7. The zero-order valence-corrected chi connectivity index (χ0v) is 62.4. The number of nitrogens with one attached hydrogen (secondary N) is 1. The number of aliphatic hydroxyl groups excluding tert-OH is 11. The number of unbranched alkanes of at least 4 members (excludes halogenated alkanes) is 38. The second kappa shape index (κ2) is 61.6. The molecule has 0 aromatic heterocycles. The molecule has 0 aromatic rings. The molecule has 17 unspecified atom stereocenters. The molecular weight excluding hydrogens is 1270 g/mol. The van der Waals surface area contributed by atoms with Crippen molar-refractivity contribution in [3.8, 4) is 0 Å². The van der Waals surface area contributed by atoms with Gasteiger partial charge in [0.1, 0.15) is 73.2 Å². The summed E-state index contributed by atoms with van der Waals surface area (Å²) >= 11 is 0. The molecule has 3 aliphatic rings. The molecule has 0 spiro atoms. The maximum Gasteiger partial charge on any atom is 0.220 e. The minimum atomic E-state index is -1.98. The Labute approximate surface area is 605 Å². The molecule has 0 bridgehead atoms. The zero-order valence-electron chi connectivity index (χ0n) is 62.4. The molecule has 3 rings (SSSR count). The Kier molecular flexibility index (Phi) is 56.5. The van der Waals surface area contributed by atoms with Crippen LogP contribution in [0.5, 0.6) is 0 Å². The van der Waals surface area contributed by atoms with Crippen LogP contribution in [0, 0.1) is 0 Å². The number of carbonyl (C=O) groups is 1. The van der Waals surface area contributed by atoms with Crippen molar-refractivity contribution in [1.82, 2.24) is 5.32 Å². The number of amides is 1. The summed E-state index contributed by atoms with van der Waals surface area (Å²) in [5.74, 6) is -0.247. The third-order valence-electron chi connectivity index (χ3n) is 20.1. The van der Waals surface area contributed by atoms with Crippen LogP contribution in [0.2, 0.25) is 0 Å². The van der Waals surface area contributed by atoms with Crippen LogP contribution in [0.15, 0.2) is 60.8 Å². The average molecular weight is 1420 g/mol. The third-order valence-corrected chi connectivity index (χ3v) is 20.1. The van der Waals surface area contributed by atoms with Gasteiger partial charge < -0.3 is 89.9 Å². The highest BCUT2D eigenvalue weighted by Gasteiger charge is 2.54. The van der Waals surface area contributed by atoms with Crippen LogP contribution in [0.25, 0.3) is 0 Å². The summed E-state index contributed by atoms with van der Waals surface area (Å²) in [6.45, 7) is 1.72. The van der Waals surface area contributed by atoms with Gasteiger partial charge in [0.05, 0.1) is 38.6 Å². The highest BCUT2D eigenvalue weighted by Crippen LogP contribution is 2.33. The lowest BCUT2D eigenvalue weighted by Crippen LogP contribution is -2.66. The van der Waals surface area contributed by atoms with Gasteiger partial charge in [0.25, 0.3) is 0 Å². The highest BCUT2D eigenvalue weighted by molar-refractivity contribution is 5.76. The standard InChI is InChI=1S/C81H147NO18/c1-3-5-7-9-11-13-15-17-19-21-23-25-27-29-30-31-32-33-35-36-38-40-42-44-46-48-50-52-54-56-58-65(86)64(82-69(87)59-57-55-53-51-49-47-45-43-41-39-37-34-28-26-24-22-20-18-16-14-12-10-8-6-4-2)63-95-79-75(93)72(90)77(67(61-84)97-79)100-81-76(94)73(91)78(68(62-85)98-81)99-80-74(92)71(89)70(88)66(60-83)96-80/h6,8,12,14,18,20,24,26,34,37,64-68,70-81,83-86,88-94H,3-5,7,9-11,13,15-17,19,21-23,25,27-33,35-36,38-63H2,1-2H3,(H,82,87)/b8-6-,14-12-,20-18-,26-24-,37-34-. The van der Waals surface area contributed by atoms with E-state index in [0.29, 0.717) is 12.8 Å². The Morgan fingerprint density at radius 2 is 0.690 bits per heavy atom. The fourth-order valence-corrected chi connectivity index (χ4v) is 13.6. The number of aliphatic hydroxyl groups is 11. The maximum atomic E-state index is 13.5. The van der Waals surface area contributed by atoms with E-state index in [4.69, 9.17) is 28.4 Å². The summed E-state index contributed by atoms with van der Waals surface area (Å²) in [4.78, 5) is 13.5. The molecule has 584 valence electrons. The van der Waals surface area contributed by atoms with Gasteiger partial charge in [0.2, 0.25) is 5.91 Å². The van der Waals surface area contributed by atoms with Crippen molar-refractivity contribution in [1.29, 1.82) is 0 Å². The van der Waals surface area contributed by atoms with Crippen LogP contribution in [-0.2, 0) is 33.2 Å². The van der Waals surface area contributed by atoms with Gasteiger partial charge in [-0.25, -0.2) is 0 Å². The van der Waals surface area contributed by atoms with Crippen LogP contribution in [0.4, 0.5) is 0 Å². The zero-order chi connectivity index (χ0) is 72.5. The van der Waals surface area contributed by atoms with Crippen molar-refractivity contribution in [2.45, 2.75) is 420 Å². The van der Waals surface area contributed by atoms with Crippen molar-refractivity contribution in [2.24, 2.45) is 0 Å². The second-order valence-electron chi connectivity index (χ2n) is 28.9. The highest BCUT2D eigenvalue weighted by atomic mass is 16.8. The number of carbonyl (C=O) groups excluding carboxylic acids is 1. The number of rotatable bonds is 64. The third kappa shape index (κ3) is 41.4. The predicted octanol–water partition coefficient (Wildman–Crippen LogP) is 13.5. The summed E-state index contributed by atoms with van der Waals surface area (Å²) in [7, 11) is 0.